The molecule has 2 atom stereocenters. The van der Waals surface area contributed by atoms with Crippen LogP contribution in [0.2, 0.25) is 19.6 Å². The van der Waals surface area contributed by atoms with E-state index in [4.69, 9.17) is 13.9 Å². The second-order valence-electron chi connectivity index (χ2n) is 7.69. The molecule has 1 rings (SSSR count). The van der Waals surface area contributed by atoms with E-state index in [1.165, 1.54) is 38.5 Å². The molecule has 1 unspecified atom stereocenters. The number of unbranched alkanes of at least 4 members (excludes halogenated alkanes) is 5. The lowest BCUT2D eigenvalue weighted by Gasteiger charge is -2.30. The molecule has 1 aliphatic rings. The Morgan fingerprint density at radius 1 is 1.10 bits per heavy atom. The predicted octanol–water partition coefficient (Wildman–Crippen LogP) is 5.11. The summed E-state index contributed by atoms with van der Waals surface area (Å²) in [4.78, 5) is 0. The maximum Gasteiger partial charge on any atom is 0.184 e. The predicted molar refractivity (Wildman–Crippen MR) is 91.1 cm³/mol. The Morgan fingerprint density at radius 2 is 1.71 bits per heavy atom. The molecule has 0 aliphatic carbocycles. The van der Waals surface area contributed by atoms with Gasteiger partial charge in [0, 0.05) is 0 Å². The Hall–Kier alpha value is 0.0969. The third-order valence-electron chi connectivity index (χ3n) is 3.79. The van der Waals surface area contributed by atoms with Gasteiger partial charge in [-0.2, -0.15) is 0 Å². The largest absolute Gasteiger partial charge is 0.412 e. The molecule has 126 valence electrons. The molecular formula is C17H36O3Si. The summed E-state index contributed by atoms with van der Waals surface area (Å²) in [6, 6.07) is 0. The molecule has 0 amide bonds. The van der Waals surface area contributed by atoms with E-state index in [1.54, 1.807) is 0 Å². The Bertz CT molecular complexity index is 286. The zero-order chi connectivity index (χ0) is 15.9. The molecule has 0 aromatic rings. The molecule has 21 heavy (non-hydrogen) atoms. The van der Waals surface area contributed by atoms with Crippen LogP contribution in [-0.2, 0) is 13.9 Å². The van der Waals surface area contributed by atoms with Crippen LogP contribution in [0.3, 0.4) is 0 Å². The van der Waals surface area contributed by atoms with Crippen molar-refractivity contribution in [2.24, 2.45) is 0 Å². The average molecular weight is 317 g/mol. The first-order chi connectivity index (χ1) is 9.73. The number of hydrogen-bond donors (Lipinski definition) is 0. The topological polar surface area (TPSA) is 27.7 Å². The molecule has 1 saturated heterocycles. The van der Waals surface area contributed by atoms with Gasteiger partial charge in [0.25, 0.3) is 0 Å². The monoisotopic (exact) mass is 316 g/mol. The zero-order valence-electron chi connectivity index (χ0n) is 15.0. The minimum Gasteiger partial charge on any atom is -0.412 e. The molecule has 0 bridgehead atoms. The molecule has 0 spiro atoms. The van der Waals surface area contributed by atoms with Crippen LogP contribution in [0.1, 0.15) is 65.7 Å². The number of rotatable bonds is 10. The van der Waals surface area contributed by atoms with Crippen molar-refractivity contribution in [1.82, 2.24) is 0 Å². The maximum atomic E-state index is 6.38. The molecule has 4 heteroatoms. The SMILES string of the molecule is CCCCCCCCC(O[Si](C)(C)C)[C@H]1COC(C)(C)O1. The Kier molecular flexibility index (Phi) is 7.89. The Labute approximate surface area is 132 Å². The minimum absolute atomic E-state index is 0.0994. The zero-order valence-corrected chi connectivity index (χ0v) is 16.0. The molecule has 0 saturated carbocycles. The first kappa shape index (κ1) is 19.1. The summed E-state index contributed by atoms with van der Waals surface area (Å²) < 4.78 is 18.1. The molecule has 1 fully saturated rings. The van der Waals surface area contributed by atoms with E-state index in [9.17, 15) is 0 Å². The van der Waals surface area contributed by atoms with E-state index in [0.717, 1.165) is 6.42 Å². The lowest BCUT2D eigenvalue weighted by molar-refractivity contribution is -0.150. The highest BCUT2D eigenvalue weighted by Gasteiger charge is 2.39. The van der Waals surface area contributed by atoms with E-state index in [1.807, 2.05) is 13.8 Å². The van der Waals surface area contributed by atoms with Gasteiger partial charge in [-0.05, 0) is 39.9 Å². The van der Waals surface area contributed by atoms with E-state index >= 15 is 0 Å². The molecule has 0 aromatic carbocycles. The van der Waals surface area contributed by atoms with E-state index in [-0.39, 0.29) is 12.2 Å². The summed E-state index contributed by atoms with van der Waals surface area (Å²) in [5.41, 5.74) is 0. The van der Waals surface area contributed by atoms with Crippen LogP contribution in [0.15, 0.2) is 0 Å². The second kappa shape index (κ2) is 8.66. The molecule has 0 aromatic heterocycles. The van der Waals surface area contributed by atoms with Gasteiger partial charge in [0.1, 0.15) is 6.10 Å². The first-order valence-corrected chi connectivity index (χ1v) is 12.1. The highest BCUT2D eigenvalue weighted by Crippen LogP contribution is 2.29. The standard InChI is InChI=1S/C17H36O3Si/c1-7-8-9-10-11-12-13-15(20-21(4,5)6)16-14-18-17(2,3)19-16/h15-16H,7-14H2,1-6H3/t15?,16-/m1/s1. The summed E-state index contributed by atoms with van der Waals surface area (Å²) >= 11 is 0. The van der Waals surface area contributed by atoms with Gasteiger partial charge in [0.15, 0.2) is 14.1 Å². The molecule has 1 heterocycles. The smallest absolute Gasteiger partial charge is 0.184 e. The van der Waals surface area contributed by atoms with Gasteiger partial charge in [-0.15, -0.1) is 0 Å². The lowest BCUT2D eigenvalue weighted by Crippen LogP contribution is -2.40. The second-order valence-corrected chi connectivity index (χ2v) is 12.2. The van der Waals surface area contributed by atoms with Gasteiger partial charge in [-0.25, -0.2) is 0 Å². The molecule has 3 nitrogen and oxygen atoms in total. The van der Waals surface area contributed by atoms with E-state index in [2.05, 4.69) is 26.6 Å². The summed E-state index contributed by atoms with van der Waals surface area (Å²) in [6.45, 7) is 13.7. The Morgan fingerprint density at radius 3 is 2.24 bits per heavy atom. The van der Waals surface area contributed by atoms with Gasteiger partial charge >= 0.3 is 0 Å². The highest BCUT2D eigenvalue weighted by molar-refractivity contribution is 6.69. The van der Waals surface area contributed by atoms with Crippen LogP contribution in [-0.4, -0.2) is 32.9 Å². The molecule has 0 N–H and O–H groups in total. The quantitative estimate of drug-likeness (QED) is 0.414. The third-order valence-corrected chi connectivity index (χ3v) is 4.80. The molecule has 0 radical (unpaired) electrons. The molecule has 1 aliphatic heterocycles. The summed E-state index contributed by atoms with van der Waals surface area (Å²) in [7, 11) is -1.55. The van der Waals surface area contributed by atoms with Crippen LogP contribution in [0, 0.1) is 0 Å². The van der Waals surface area contributed by atoms with Crippen LogP contribution in [0.25, 0.3) is 0 Å². The highest BCUT2D eigenvalue weighted by atomic mass is 28.4. The normalized spacial score (nSPS) is 23.4. The van der Waals surface area contributed by atoms with Crippen molar-refractivity contribution < 1.29 is 13.9 Å². The van der Waals surface area contributed by atoms with Crippen LogP contribution >= 0.6 is 0 Å². The Balaban J connectivity index is 2.39. The van der Waals surface area contributed by atoms with Crippen LogP contribution < -0.4 is 0 Å². The number of ether oxygens (including phenoxy) is 2. The average Bonchev–Trinajstić information content (AvgIpc) is 2.71. The van der Waals surface area contributed by atoms with E-state index in [0.29, 0.717) is 6.61 Å². The van der Waals surface area contributed by atoms with Crippen molar-refractivity contribution in [2.75, 3.05) is 6.61 Å². The van der Waals surface area contributed by atoms with Crippen molar-refractivity contribution in [2.45, 2.75) is 103 Å². The first-order valence-electron chi connectivity index (χ1n) is 8.73. The lowest BCUT2D eigenvalue weighted by atomic mass is 10.0. The van der Waals surface area contributed by atoms with Crippen molar-refractivity contribution >= 4 is 8.32 Å². The van der Waals surface area contributed by atoms with Gasteiger partial charge in [0.2, 0.25) is 0 Å². The van der Waals surface area contributed by atoms with Gasteiger partial charge in [-0.1, -0.05) is 45.4 Å². The number of hydrogen-bond acceptors (Lipinski definition) is 3. The maximum absolute atomic E-state index is 6.38. The fourth-order valence-corrected chi connectivity index (χ4v) is 3.98. The van der Waals surface area contributed by atoms with Gasteiger partial charge in [0.05, 0.1) is 12.7 Å². The summed E-state index contributed by atoms with van der Waals surface area (Å²) in [6.07, 6.45) is 9.33. The molecular weight excluding hydrogens is 280 g/mol. The minimum atomic E-state index is -1.55. The van der Waals surface area contributed by atoms with Crippen molar-refractivity contribution in [3.05, 3.63) is 0 Å². The van der Waals surface area contributed by atoms with Crippen molar-refractivity contribution in [3.63, 3.8) is 0 Å². The van der Waals surface area contributed by atoms with Crippen LogP contribution in [0.4, 0.5) is 0 Å². The summed E-state index contributed by atoms with van der Waals surface area (Å²) in [5, 5.41) is 0. The fourth-order valence-electron chi connectivity index (χ4n) is 2.80. The van der Waals surface area contributed by atoms with Crippen LogP contribution in [0.5, 0.6) is 0 Å². The summed E-state index contributed by atoms with van der Waals surface area (Å²) in [5.74, 6) is -0.452. The van der Waals surface area contributed by atoms with Crippen molar-refractivity contribution in [3.8, 4) is 0 Å². The van der Waals surface area contributed by atoms with Crippen molar-refractivity contribution in [1.29, 1.82) is 0 Å². The third kappa shape index (κ3) is 8.34. The van der Waals surface area contributed by atoms with Gasteiger partial charge < -0.3 is 13.9 Å². The van der Waals surface area contributed by atoms with Gasteiger partial charge in [-0.3, -0.25) is 0 Å². The van der Waals surface area contributed by atoms with E-state index < -0.39 is 14.1 Å². The fraction of sp³-hybridized carbons (Fsp3) is 1.00.